The lowest BCUT2D eigenvalue weighted by molar-refractivity contribution is 0.954. The Hall–Kier alpha value is -1.49. The maximum Gasteiger partial charge on any atom is 0.163 e. The summed E-state index contributed by atoms with van der Waals surface area (Å²) in [5, 5.41) is 3.34. The molecule has 0 fully saturated rings. The quantitative estimate of drug-likeness (QED) is 0.932. The summed E-state index contributed by atoms with van der Waals surface area (Å²) in [7, 11) is 0. The molecular weight excluding hydrogens is 304 g/mol. The van der Waals surface area contributed by atoms with E-state index >= 15 is 0 Å². The minimum atomic E-state index is 0.704. The molecule has 2 aromatic rings. The van der Waals surface area contributed by atoms with E-state index in [9.17, 15) is 0 Å². The van der Waals surface area contributed by atoms with E-state index in [-0.39, 0.29) is 0 Å². The van der Waals surface area contributed by atoms with E-state index in [2.05, 4.69) is 43.1 Å². The molecule has 0 amide bonds. The van der Waals surface area contributed by atoms with Crippen molar-refractivity contribution < 1.29 is 0 Å². The second-order valence-corrected chi connectivity index (χ2v) is 5.34. The van der Waals surface area contributed by atoms with Gasteiger partial charge in [0.15, 0.2) is 5.82 Å². The lowest BCUT2D eigenvalue weighted by Crippen LogP contribution is -2.07. The van der Waals surface area contributed by atoms with Gasteiger partial charge in [0.05, 0.1) is 0 Å². The fourth-order valence-corrected chi connectivity index (χ4v) is 2.07. The Balaban J connectivity index is 2.44. The second-order valence-electron chi connectivity index (χ2n) is 4.42. The standard InChI is InChI=1S/C14H17BrN4/c1-4-5-17-13-9(2)10(3)18-14(19-13)11-6-12(15)8-16-7-11/h6-8H,4-5H2,1-3H3,(H,17,18,19). The van der Waals surface area contributed by atoms with E-state index in [1.54, 1.807) is 12.4 Å². The molecule has 1 N–H and O–H groups in total. The van der Waals surface area contributed by atoms with Crippen molar-refractivity contribution in [2.75, 3.05) is 11.9 Å². The lowest BCUT2D eigenvalue weighted by atomic mass is 10.2. The monoisotopic (exact) mass is 320 g/mol. The maximum absolute atomic E-state index is 4.60. The summed E-state index contributed by atoms with van der Waals surface area (Å²) in [6.45, 7) is 7.09. The summed E-state index contributed by atoms with van der Waals surface area (Å²) < 4.78 is 0.926. The zero-order valence-electron chi connectivity index (χ0n) is 11.4. The number of aryl methyl sites for hydroxylation is 1. The third kappa shape index (κ3) is 3.29. The first-order chi connectivity index (χ1) is 9.11. The van der Waals surface area contributed by atoms with Crippen molar-refractivity contribution in [1.82, 2.24) is 15.0 Å². The SMILES string of the molecule is CCCNc1nc(-c2cncc(Br)c2)nc(C)c1C. The van der Waals surface area contributed by atoms with Crippen molar-refractivity contribution in [3.8, 4) is 11.4 Å². The number of halogens is 1. The number of pyridine rings is 1. The number of hydrogen-bond acceptors (Lipinski definition) is 4. The first-order valence-electron chi connectivity index (χ1n) is 6.32. The molecule has 2 aromatic heterocycles. The molecule has 0 radical (unpaired) electrons. The Morgan fingerprint density at radius 3 is 2.68 bits per heavy atom. The molecule has 0 spiro atoms. The van der Waals surface area contributed by atoms with Crippen LogP contribution in [-0.2, 0) is 0 Å². The Labute approximate surface area is 121 Å². The van der Waals surface area contributed by atoms with Crippen LogP contribution in [0.25, 0.3) is 11.4 Å². The van der Waals surface area contributed by atoms with E-state index in [0.717, 1.165) is 40.1 Å². The predicted octanol–water partition coefficient (Wildman–Crippen LogP) is 3.74. The minimum absolute atomic E-state index is 0.704. The molecule has 19 heavy (non-hydrogen) atoms. The van der Waals surface area contributed by atoms with Gasteiger partial charge in [-0.25, -0.2) is 9.97 Å². The smallest absolute Gasteiger partial charge is 0.163 e. The average Bonchev–Trinajstić information content (AvgIpc) is 2.40. The van der Waals surface area contributed by atoms with Crippen LogP contribution in [0.4, 0.5) is 5.82 Å². The molecule has 0 unspecified atom stereocenters. The van der Waals surface area contributed by atoms with Gasteiger partial charge in [0.2, 0.25) is 0 Å². The largest absolute Gasteiger partial charge is 0.370 e. The highest BCUT2D eigenvalue weighted by atomic mass is 79.9. The molecule has 0 atom stereocenters. The molecule has 2 heterocycles. The third-order valence-corrected chi connectivity index (χ3v) is 3.33. The lowest BCUT2D eigenvalue weighted by Gasteiger charge is -2.11. The molecule has 0 saturated carbocycles. The van der Waals surface area contributed by atoms with Crippen LogP contribution in [0.1, 0.15) is 24.6 Å². The number of rotatable bonds is 4. The van der Waals surface area contributed by atoms with Gasteiger partial charge in [-0.3, -0.25) is 4.98 Å². The molecule has 0 aliphatic carbocycles. The van der Waals surface area contributed by atoms with Crippen molar-refractivity contribution in [2.24, 2.45) is 0 Å². The van der Waals surface area contributed by atoms with Crippen molar-refractivity contribution in [1.29, 1.82) is 0 Å². The van der Waals surface area contributed by atoms with Gasteiger partial charge in [0, 0.05) is 40.2 Å². The molecule has 100 valence electrons. The predicted molar refractivity (Wildman–Crippen MR) is 81.2 cm³/mol. The molecule has 0 aliphatic heterocycles. The first-order valence-corrected chi connectivity index (χ1v) is 7.11. The number of nitrogens with zero attached hydrogens (tertiary/aromatic N) is 3. The zero-order valence-corrected chi connectivity index (χ0v) is 13.0. The van der Waals surface area contributed by atoms with Crippen LogP contribution in [0.15, 0.2) is 22.9 Å². The van der Waals surface area contributed by atoms with Crippen molar-refractivity contribution in [3.63, 3.8) is 0 Å². The summed E-state index contributed by atoms with van der Waals surface area (Å²) in [6, 6.07) is 1.97. The van der Waals surface area contributed by atoms with Crippen LogP contribution in [0.2, 0.25) is 0 Å². The van der Waals surface area contributed by atoms with Gasteiger partial charge in [0.25, 0.3) is 0 Å². The zero-order chi connectivity index (χ0) is 13.8. The number of nitrogens with one attached hydrogen (secondary N) is 1. The van der Waals surface area contributed by atoms with Crippen LogP contribution < -0.4 is 5.32 Å². The van der Waals surface area contributed by atoms with Crippen LogP contribution in [0.3, 0.4) is 0 Å². The van der Waals surface area contributed by atoms with Crippen molar-refractivity contribution in [2.45, 2.75) is 27.2 Å². The van der Waals surface area contributed by atoms with E-state index in [1.165, 1.54) is 0 Å². The fraction of sp³-hybridized carbons (Fsp3) is 0.357. The van der Waals surface area contributed by atoms with Crippen LogP contribution in [-0.4, -0.2) is 21.5 Å². The Morgan fingerprint density at radius 2 is 2.00 bits per heavy atom. The van der Waals surface area contributed by atoms with Gasteiger partial charge < -0.3 is 5.32 Å². The van der Waals surface area contributed by atoms with Crippen LogP contribution >= 0.6 is 15.9 Å². The Morgan fingerprint density at radius 1 is 1.21 bits per heavy atom. The van der Waals surface area contributed by atoms with Gasteiger partial charge in [-0.05, 0) is 42.3 Å². The van der Waals surface area contributed by atoms with Crippen LogP contribution in [0, 0.1) is 13.8 Å². The minimum Gasteiger partial charge on any atom is -0.370 e. The second kappa shape index (κ2) is 6.10. The molecule has 4 nitrogen and oxygen atoms in total. The summed E-state index contributed by atoms with van der Waals surface area (Å²) in [6.07, 6.45) is 4.59. The normalized spacial score (nSPS) is 10.5. The summed E-state index contributed by atoms with van der Waals surface area (Å²) in [4.78, 5) is 13.3. The molecule has 0 saturated heterocycles. The van der Waals surface area contributed by atoms with E-state index in [1.807, 2.05) is 19.9 Å². The van der Waals surface area contributed by atoms with Crippen LogP contribution in [0.5, 0.6) is 0 Å². The molecule has 0 aliphatic rings. The molecule has 0 bridgehead atoms. The van der Waals surface area contributed by atoms with E-state index in [0.29, 0.717) is 5.82 Å². The van der Waals surface area contributed by atoms with Gasteiger partial charge in [0.1, 0.15) is 5.82 Å². The molecule has 5 heteroatoms. The first kappa shape index (κ1) is 13.9. The maximum atomic E-state index is 4.60. The average molecular weight is 321 g/mol. The van der Waals surface area contributed by atoms with Gasteiger partial charge in [-0.2, -0.15) is 0 Å². The fourth-order valence-electron chi connectivity index (χ4n) is 1.71. The molecule has 2 rings (SSSR count). The number of hydrogen-bond donors (Lipinski definition) is 1. The summed E-state index contributed by atoms with van der Waals surface area (Å²) >= 11 is 3.42. The molecular formula is C14H17BrN4. The van der Waals surface area contributed by atoms with E-state index < -0.39 is 0 Å². The number of anilines is 1. The van der Waals surface area contributed by atoms with Gasteiger partial charge in [-0.1, -0.05) is 6.92 Å². The third-order valence-electron chi connectivity index (χ3n) is 2.89. The highest BCUT2D eigenvalue weighted by Gasteiger charge is 2.09. The summed E-state index contributed by atoms with van der Waals surface area (Å²) in [5.74, 6) is 1.61. The van der Waals surface area contributed by atoms with Crippen molar-refractivity contribution in [3.05, 3.63) is 34.2 Å². The highest BCUT2D eigenvalue weighted by molar-refractivity contribution is 9.10. The van der Waals surface area contributed by atoms with Gasteiger partial charge in [-0.15, -0.1) is 0 Å². The molecule has 0 aromatic carbocycles. The highest BCUT2D eigenvalue weighted by Crippen LogP contribution is 2.23. The topological polar surface area (TPSA) is 50.7 Å². The summed E-state index contributed by atoms with van der Waals surface area (Å²) in [5.41, 5.74) is 3.00. The Kier molecular flexibility index (Phi) is 4.47. The Bertz CT molecular complexity index is 584. The van der Waals surface area contributed by atoms with Gasteiger partial charge >= 0.3 is 0 Å². The van der Waals surface area contributed by atoms with E-state index in [4.69, 9.17) is 0 Å². The van der Waals surface area contributed by atoms with Crippen molar-refractivity contribution >= 4 is 21.7 Å². The number of aromatic nitrogens is 3.